The number of rotatable bonds is 1. The number of nitrogens with one attached hydrogen (secondary N) is 1. The lowest BCUT2D eigenvalue weighted by molar-refractivity contribution is 0.0597. The van der Waals surface area contributed by atoms with E-state index < -0.39 is 11.9 Å². The van der Waals surface area contributed by atoms with E-state index in [-0.39, 0.29) is 5.56 Å². The quantitative estimate of drug-likeness (QED) is 0.704. The van der Waals surface area contributed by atoms with E-state index in [0.717, 1.165) is 0 Å². The lowest BCUT2D eigenvalue weighted by Crippen LogP contribution is -2.02. The number of aromatic nitrogens is 1. The Bertz CT molecular complexity index is 490. The summed E-state index contributed by atoms with van der Waals surface area (Å²) in [5.74, 6) is -1.32. The molecule has 0 spiro atoms. The van der Waals surface area contributed by atoms with Crippen LogP contribution in [0.3, 0.4) is 0 Å². The van der Waals surface area contributed by atoms with E-state index in [9.17, 15) is 9.18 Å². The lowest BCUT2D eigenvalue weighted by Gasteiger charge is -1.95. The molecule has 4 heteroatoms. The molecule has 1 N–H and O–H groups in total. The molecule has 14 heavy (non-hydrogen) atoms. The molecule has 0 fully saturated rings. The number of esters is 1. The number of H-pyrrole nitrogens is 1. The van der Waals surface area contributed by atoms with Crippen LogP contribution in [0, 0.1) is 5.95 Å². The summed E-state index contributed by atoms with van der Waals surface area (Å²) in [6, 6.07) is 6.87. The van der Waals surface area contributed by atoms with Gasteiger partial charge in [-0.2, -0.15) is 4.39 Å². The maximum Gasteiger partial charge on any atom is 0.343 e. The first-order chi connectivity index (χ1) is 6.74. The zero-order valence-electron chi connectivity index (χ0n) is 7.50. The molecule has 1 aromatic heterocycles. The third-order valence-electron chi connectivity index (χ3n) is 2.05. The first-order valence-corrected chi connectivity index (χ1v) is 4.08. The standard InChI is InChI=1S/C10H8FNO2/c1-14-10(13)8-6-4-2-3-5-7(6)12-9(8)11/h2-5,12H,1H3. The molecule has 0 aliphatic heterocycles. The second-order valence-electron chi connectivity index (χ2n) is 2.85. The third kappa shape index (κ3) is 1.16. The van der Waals surface area contributed by atoms with Gasteiger partial charge in [-0.3, -0.25) is 0 Å². The summed E-state index contributed by atoms with van der Waals surface area (Å²) in [7, 11) is 1.23. The Labute approximate surface area is 79.5 Å². The van der Waals surface area contributed by atoms with Gasteiger partial charge >= 0.3 is 5.97 Å². The zero-order chi connectivity index (χ0) is 10.1. The molecule has 0 bridgehead atoms. The van der Waals surface area contributed by atoms with Crippen molar-refractivity contribution in [2.45, 2.75) is 0 Å². The largest absolute Gasteiger partial charge is 0.465 e. The molecule has 3 nitrogen and oxygen atoms in total. The second kappa shape index (κ2) is 3.14. The van der Waals surface area contributed by atoms with Gasteiger partial charge in [0.2, 0.25) is 5.95 Å². The highest BCUT2D eigenvalue weighted by atomic mass is 19.1. The van der Waals surface area contributed by atoms with Crippen molar-refractivity contribution in [3.63, 3.8) is 0 Å². The summed E-state index contributed by atoms with van der Waals surface area (Å²) in [6.07, 6.45) is 0. The SMILES string of the molecule is COC(=O)c1c(F)[nH]c2ccccc12. The van der Waals surface area contributed by atoms with Gasteiger partial charge in [0, 0.05) is 10.9 Å². The zero-order valence-corrected chi connectivity index (χ0v) is 7.50. The predicted molar refractivity (Wildman–Crippen MR) is 49.6 cm³/mol. The number of fused-ring (bicyclic) bond motifs is 1. The van der Waals surface area contributed by atoms with Gasteiger partial charge in [-0.05, 0) is 6.07 Å². The Hall–Kier alpha value is -1.84. The van der Waals surface area contributed by atoms with Crippen LogP contribution in [0.2, 0.25) is 0 Å². The number of aromatic amines is 1. The average Bonchev–Trinajstić information content (AvgIpc) is 2.53. The Morgan fingerprint density at radius 2 is 2.14 bits per heavy atom. The van der Waals surface area contributed by atoms with Gasteiger partial charge in [0.15, 0.2) is 0 Å². The van der Waals surface area contributed by atoms with Gasteiger partial charge < -0.3 is 9.72 Å². The van der Waals surface area contributed by atoms with Crippen LogP contribution in [-0.4, -0.2) is 18.1 Å². The van der Waals surface area contributed by atoms with Crippen molar-refractivity contribution in [2.75, 3.05) is 7.11 Å². The Morgan fingerprint density at radius 1 is 1.43 bits per heavy atom. The summed E-state index contributed by atoms with van der Waals surface area (Å²) >= 11 is 0. The first-order valence-electron chi connectivity index (χ1n) is 4.08. The van der Waals surface area contributed by atoms with E-state index in [2.05, 4.69) is 9.72 Å². The van der Waals surface area contributed by atoms with Crippen molar-refractivity contribution in [3.05, 3.63) is 35.8 Å². The van der Waals surface area contributed by atoms with Crippen LogP contribution < -0.4 is 0 Å². The van der Waals surface area contributed by atoms with Gasteiger partial charge in [0.05, 0.1) is 7.11 Å². The molecule has 1 heterocycles. The molecule has 0 aliphatic rings. The van der Waals surface area contributed by atoms with Crippen LogP contribution in [0.1, 0.15) is 10.4 Å². The van der Waals surface area contributed by atoms with Crippen LogP contribution >= 0.6 is 0 Å². The van der Waals surface area contributed by atoms with Gasteiger partial charge in [-0.25, -0.2) is 4.79 Å². The van der Waals surface area contributed by atoms with Gasteiger partial charge in [-0.15, -0.1) is 0 Å². The van der Waals surface area contributed by atoms with Crippen LogP contribution in [0.4, 0.5) is 4.39 Å². The highest BCUT2D eigenvalue weighted by Crippen LogP contribution is 2.21. The Morgan fingerprint density at radius 3 is 2.86 bits per heavy atom. The molecule has 0 radical (unpaired) electrons. The number of benzene rings is 1. The van der Waals surface area contributed by atoms with E-state index in [1.165, 1.54) is 7.11 Å². The topological polar surface area (TPSA) is 42.1 Å². The number of hydrogen-bond donors (Lipinski definition) is 1. The monoisotopic (exact) mass is 193 g/mol. The van der Waals surface area contributed by atoms with Gasteiger partial charge in [-0.1, -0.05) is 18.2 Å². The number of carbonyl (C=O) groups excluding carboxylic acids is 1. The fourth-order valence-corrected chi connectivity index (χ4v) is 1.41. The minimum Gasteiger partial charge on any atom is -0.465 e. The summed E-state index contributed by atoms with van der Waals surface area (Å²) in [5.41, 5.74) is 0.550. The first kappa shape index (κ1) is 8.74. The fourth-order valence-electron chi connectivity index (χ4n) is 1.41. The van der Waals surface area contributed by atoms with Gasteiger partial charge in [0.25, 0.3) is 0 Å². The highest BCUT2D eigenvalue weighted by Gasteiger charge is 2.18. The van der Waals surface area contributed by atoms with Crippen LogP contribution in [0.5, 0.6) is 0 Å². The molecule has 0 atom stereocenters. The molecular formula is C10H8FNO2. The molecule has 0 unspecified atom stereocenters. The smallest absolute Gasteiger partial charge is 0.343 e. The predicted octanol–water partition coefficient (Wildman–Crippen LogP) is 2.09. The Balaban J connectivity index is 2.74. The number of methoxy groups -OCH3 is 1. The van der Waals surface area contributed by atoms with E-state index in [4.69, 9.17) is 0 Å². The number of ether oxygens (including phenoxy) is 1. The summed E-state index contributed by atoms with van der Waals surface area (Å²) < 4.78 is 17.8. The number of para-hydroxylation sites is 1. The van der Waals surface area contributed by atoms with Crippen molar-refractivity contribution < 1.29 is 13.9 Å². The lowest BCUT2D eigenvalue weighted by atomic mass is 10.2. The normalized spacial score (nSPS) is 10.4. The highest BCUT2D eigenvalue weighted by molar-refractivity contribution is 6.04. The fraction of sp³-hybridized carbons (Fsp3) is 0.100. The second-order valence-corrected chi connectivity index (χ2v) is 2.85. The van der Waals surface area contributed by atoms with E-state index >= 15 is 0 Å². The number of halogens is 1. The number of hydrogen-bond acceptors (Lipinski definition) is 2. The molecule has 2 aromatic rings. The summed E-state index contributed by atoms with van der Waals surface area (Å²) in [6.45, 7) is 0. The van der Waals surface area contributed by atoms with E-state index in [0.29, 0.717) is 10.9 Å². The molecule has 1 aromatic carbocycles. The van der Waals surface area contributed by atoms with Crippen molar-refractivity contribution in [1.29, 1.82) is 0 Å². The maximum atomic E-state index is 13.3. The third-order valence-corrected chi connectivity index (χ3v) is 2.05. The van der Waals surface area contributed by atoms with Crippen LogP contribution in [0.25, 0.3) is 10.9 Å². The van der Waals surface area contributed by atoms with Crippen molar-refractivity contribution in [3.8, 4) is 0 Å². The summed E-state index contributed by atoms with van der Waals surface area (Å²) in [4.78, 5) is 13.7. The molecule has 72 valence electrons. The van der Waals surface area contributed by atoms with Crippen LogP contribution in [-0.2, 0) is 4.74 Å². The van der Waals surface area contributed by atoms with Gasteiger partial charge in [0.1, 0.15) is 5.56 Å². The van der Waals surface area contributed by atoms with E-state index in [1.54, 1.807) is 24.3 Å². The van der Waals surface area contributed by atoms with Crippen LogP contribution in [0.15, 0.2) is 24.3 Å². The van der Waals surface area contributed by atoms with Crippen molar-refractivity contribution >= 4 is 16.9 Å². The minimum atomic E-state index is -0.667. The number of carbonyl (C=O) groups is 1. The Kier molecular flexibility index (Phi) is 1.96. The minimum absolute atomic E-state index is 0.0388. The molecule has 0 saturated carbocycles. The van der Waals surface area contributed by atoms with Crippen molar-refractivity contribution in [1.82, 2.24) is 4.98 Å². The molecular weight excluding hydrogens is 185 g/mol. The molecule has 2 rings (SSSR count). The molecule has 0 saturated heterocycles. The molecule has 0 amide bonds. The van der Waals surface area contributed by atoms with Crippen molar-refractivity contribution in [2.24, 2.45) is 0 Å². The molecule has 0 aliphatic carbocycles. The maximum absolute atomic E-state index is 13.3. The average molecular weight is 193 g/mol. The van der Waals surface area contributed by atoms with E-state index in [1.807, 2.05) is 0 Å². The summed E-state index contributed by atoms with van der Waals surface area (Å²) in [5, 5.41) is 0.539.